The van der Waals surface area contributed by atoms with Crippen molar-refractivity contribution in [2.24, 2.45) is 0 Å². The maximum Gasteiger partial charge on any atom is 0.241 e. The highest BCUT2D eigenvalue weighted by atomic mass is 16.2. The number of carbonyl (C=O) groups is 1. The van der Waals surface area contributed by atoms with Crippen molar-refractivity contribution in [3.05, 3.63) is 24.3 Å². The normalized spacial score (nSPS) is 25.5. The van der Waals surface area contributed by atoms with E-state index in [4.69, 9.17) is 0 Å². The van der Waals surface area contributed by atoms with Gasteiger partial charge in [-0.05, 0) is 95.8 Å². The molecule has 2 atom stereocenters. The van der Waals surface area contributed by atoms with Crippen LogP contribution in [0.5, 0.6) is 0 Å². The number of rotatable bonds is 5. The molecule has 2 unspecified atom stereocenters. The predicted molar refractivity (Wildman–Crippen MR) is 125 cm³/mol. The zero-order valence-corrected chi connectivity index (χ0v) is 18.8. The Morgan fingerprint density at radius 2 is 1.50 bits per heavy atom. The van der Waals surface area contributed by atoms with Crippen molar-refractivity contribution in [1.82, 2.24) is 9.80 Å². The van der Waals surface area contributed by atoms with Gasteiger partial charge in [-0.1, -0.05) is 12.8 Å². The van der Waals surface area contributed by atoms with Crippen LogP contribution in [0.15, 0.2) is 24.3 Å². The molecule has 0 bridgehead atoms. The first kappa shape index (κ1) is 21.6. The molecule has 3 aliphatic heterocycles. The van der Waals surface area contributed by atoms with Gasteiger partial charge >= 0.3 is 0 Å². The summed E-state index contributed by atoms with van der Waals surface area (Å²) < 4.78 is 0. The van der Waals surface area contributed by atoms with E-state index in [0.717, 1.165) is 31.9 Å². The molecule has 0 aromatic heterocycles. The average molecular weight is 413 g/mol. The molecule has 3 heterocycles. The summed E-state index contributed by atoms with van der Waals surface area (Å²) in [6.45, 7) is 8.91. The molecule has 3 aliphatic rings. The molecule has 1 aromatic carbocycles. The molecule has 3 fully saturated rings. The summed E-state index contributed by atoms with van der Waals surface area (Å²) >= 11 is 0. The van der Waals surface area contributed by atoms with E-state index in [1.807, 2.05) is 0 Å². The van der Waals surface area contributed by atoms with Gasteiger partial charge in [-0.2, -0.15) is 0 Å². The van der Waals surface area contributed by atoms with E-state index in [-0.39, 0.29) is 11.9 Å². The summed E-state index contributed by atoms with van der Waals surface area (Å²) in [4.78, 5) is 20.5. The van der Waals surface area contributed by atoms with E-state index in [0.29, 0.717) is 6.04 Å². The van der Waals surface area contributed by atoms with Crippen LogP contribution in [0.1, 0.15) is 64.7 Å². The predicted octanol–water partition coefficient (Wildman–Crippen LogP) is 4.34. The van der Waals surface area contributed by atoms with E-state index >= 15 is 0 Å². The topological polar surface area (TPSA) is 38.8 Å². The highest BCUT2D eigenvalue weighted by Crippen LogP contribution is 2.24. The minimum atomic E-state index is -0.0819. The first-order chi connectivity index (χ1) is 14.7. The summed E-state index contributed by atoms with van der Waals surface area (Å²) in [5.74, 6) is 0.122. The summed E-state index contributed by atoms with van der Waals surface area (Å²) in [6, 6.07) is 8.97. The number of amides is 1. The third-order valence-corrected chi connectivity index (χ3v) is 7.37. The largest absolute Gasteiger partial charge is 0.372 e. The van der Waals surface area contributed by atoms with Crippen molar-refractivity contribution in [2.75, 3.05) is 49.5 Å². The van der Waals surface area contributed by atoms with Gasteiger partial charge in [0.25, 0.3) is 0 Å². The van der Waals surface area contributed by atoms with Crippen LogP contribution < -0.4 is 10.2 Å². The van der Waals surface area contributed by atoms with Crippen LogP contribution in [0.3, 0.4) is 0 Å². The van der Waals surface area contributed by atoms with Gasteiger partial charge in [-0.15, -0.1) is 0 Å². The number of hydrogen-bond acceptors (Lipinski definition) is 4. The van der Waals surface area contributed by atoms with E-state index < -0.39 is 0 Å². The lowest BCUT2D eigenvalue weighted by molar-refractivity contribution is -0.121. The number of carbonyl (C=O) groups excluding carboxylic acids is 1. The number of likely N-dealkylation sites (tertiary alicyclic amines) is 2. The van der Waals surface area contributed by atoms with Crippen LogP contribution in [0.25, 0.3) is 0 Å². The van der Waals surface area contributed by atoms with Crippen LogP contribution in [0, 0.1) is 0 Å². The molecule has 0 radical (unpaired) electrons. The first-order valence-corrected chi connectivity index (χ1v) is 12.3. The standard InChI is InChI=1S/C25H40N4O/c1-21(29-19-9-10-24(20-29)28-17-5-2-3-6-18-28)25(30)26-22-11-13-23(14-12-22)27-15-7-4-8-16-27/h11-14,21,24H,2-10,15-20H2,1H3,(H,26,30). The molecule has 5 heteroatoms. The van der Waals surface area contributed by atoms with Gasteiger partial charge in [0, 0.05) is 37.1 Å². The lowest BCUT2D eigenvalue weighted by Gasteiger charge is -2.41. The molecule has 30 heavy (non-hydrogen) atoms. The van der Waals surface area contributed by atoms with Gasteiger partial charge in [0.1, 0.15) is 0 Å². The first-order valence-electron chi connectivity index (χ1n) is 12.3. The second kappa shape index (κ2) is 10.6. The summed E-state index contributed by atoms with van der Waals surface area (Å²) in [7, 11) is 0. The third kappa shape index (κ3) is 5.55. The second-order valence-electron chi connectivity index (χ2n) is 9.50. The van der Waals surface area contributed by atoms with Gasteiger partial charge in [-0.3, -0.25) is 14.6 Å². The van der Waals surface area contributed by atoms with Crippen molar-refractivity contribution in [2.45, 2.75) is 76.8 Å². The Kier molecular flexibility index (Phi) is 7.67. The monoisotopic (exact) mass is 412 g/mol. The molecule has 1 aromatic rings. The molecular formula is C25H40N4O. The van der Waals surface area contributed by atoms with Gasteiger partial charge in [0.15, 0.2) is 0 Å². The molecule has 0 spiro atoms. The number of nitrogens with one attached hydrogen (secondary N) is 1. The molecule has 0 saturated carbocycles. The zero-order chi connectivity index (χ0) is 20.8. The molecule has 1 amide bonds. The van der Waals surface area contributed by atoms with Crippen molar-refractivity contribution in [3.8, 4) is 0 Å². The van der Waals surface area contributed by atoms with Crippen LogP contribution in [0.2, 0.25) is 0 Å². The zero-order valence-electron chi connectivity index (χ0n) is 18.8. The molecule has 3 saturated heterocycles. The SMILES string of the molecule is CC(C(=O)Nc1ccc(N2CCCCC2)cc1)N1CCCC(N2CCCCCC2)C1. The van der Waals surface area contributed by atoms with Gasteiger partial charge in [0.05, 0.1) is 6.04 Å². The maximum absolute atomic E-state index is 13.0. The number of anilines is 2. The molecule has 166 valence electrons. The Hall–Kier alpha value is -1.59. The highest BCUT2D eigenvalue weighted by Gasteiger charge is 2.30. The van der Waals surface area contributed by atoms with Crippen molar-refractivity contribution in [1.29, 1.82) is 0 Å². The molecule has 5 nitrogen and oxygen atoms in total. The minimum absolute atomic E-state index is 0.0819. The van der Waals surface area contributed by atoms with Gasteiger partial charge in [-0.25, -0.2) is 0 Å². The van der Waals surface area contributed by atoms with Crippen molar-refractivity contribution < 1.29 is 4.79 Å². The average Bonchev–Trinajstić information content (AvgIpc) is 3.09. The molecule has 4 rings (SSSR count). The lowest BCUT2D eigenvalue weighted by atomic mass is 10.0. The van der Waals surface area contributed by atoms with Crippen LogP contribution >= 0.6 is 0 Å². The Bertz CT molecular complexity index is 662. The van der Waals surface area contributed by atoms with Crippen molar-refractivity contribution in [3.63, 3.8) is 0 Å². The Balaban J connectivity index is 1.30. The van der Waals surface area contributed by atoms with Crippen LogP contribution in [-0.4, -0.2) is 67.1 Å². The highest BCUT2D eigenvalue weighted by molar-refractivity contribution is 5.94. The minimum Gasteiger partial charge on any atom is -0.372 e. The third-order valence-electron chi connectivity index (χ3n) is 7.37. The number of hydrogen-bond donors (Lipinski definition) is 1. The van der Waals surface area contributed by atoms with E-state index in [1.54, 1.807) is 0 Å². The summed E-state index contributed by atoms with van der Waals surface area (Å²) in [6.07, 6.45) is 11.8. The molecular weight excluding hydrogens is 372 g/mol. The fourth-order valence-corrected chi connectivity index (χ4v) is 5.41. The smallest absolute Gasteiger partial charge is 0.241 e. The summed E-state index contributed by atoms with van der Waals surface area (Å²) in [5, 5.41) is 3.16. The van der Waals surface area contributed by atoms with Gasteiger partial charge < -0.3 is 10.2 Å². The second-order valence-corrected chi connectivity index (χ2v) is 9.50. The Labute approximate surface area is 182 Å². The van der Waals surface area contributed by atoms with E-state index in [9.17, 15) is 4.79 Å². The number of benzene rings is 1. The number of nitrogens with zero attached hydrogens (tertiary/aromatic N) is 3. The maximum atomic E-state index is 13.0. The van der Waals surface area contributed by atoms with Crippen molar-refractivity contribution >= 4 is 17.3 Å². The van der Waals surface area contributed by atoms with Gasteiger partial charge in [0.2, 0.25) is 5.91 Å². The van der Waals surface area contributed by atoms with Crippen LogP contribution in [0.4, 0.5) is 11.4 Å². The Morgan fingerprint density at radius 1 is 0.867 bits per heavy atom. The molecule has 1 N–H and O–H groups in total. The van der Waals surface area contributed by atoms with Crippen LogP contribution in [-0.2, 0) is 4.79 Å². The Morgan fingerprint density at radius 3 is 2.20 bits per heavy atom. The fourth-order valence-electron chi connectivity index (χ4n) is 5.41. The number of piperidine rings is 2. The molecule has 0 aliphatic carbocycles. The van der Waals surface area contributed by atoms with E-state index in [1.165, 1.54) is 76.6 Å². The van der Waals surface area contributed by atoms with E-state index in [2.05, 4.69) is 51.2 Å². The fraction of sp³-hybridized carbons (Fsp3) is 0.720. The summed E-state index contributed by atoms with van der Waals surface area (Å²) in [5.41, 5.74) is 2.19. The lowest BCUT2D eigenvalue weighted by Crippen LogP contribution is -2.53. The quantitative estimate of drug-likeness (QED) is 0.781.